The minimum Gasteiger partial charge on any atom is -0.384 e. The van der Waals surface area contributed by atoms with Gasteiger partial charge in [0.1, 0.15) is 18.1 Å². The third kappa shape index (κ3) is 3.05. The Kier molecular flexibility index (Phi) is 4.18. The molecule has 2 aromatic heterocycles. The minimum absolute atomic E-state index is 0.202. The Hall–Kier alpha value is -2.58. The Bertz CT molecular complexity index is 693. The Morgan fingerprint density at radius 2 is 2.25 bits per heavy atom. The first-order chi connectivity index (χ1) is 9.61. The van der Waals surface area contributed by atoms with Crippen LogP contribution in [0.4, 0.5) is 5.82 Å². The van der Waals surface area contributed by atoms with E-state index in [0.717, 1.165) is 5.69 Å². The molecule has 5 heteroatoms. The van der Waals surface area contributed by atoms with Crippen molar-refractivity contribution in [3.63, 3.8) is 0 Å². The second-order valence-corrected chi connectivity index (χ2v) is 4.26. The van der Waals surface area contributed by atoms with Crippen molar-refractivity contribution >= 4 is 11.7 Å². The first kappa shape index (κ1) is 13.8. The number of hydrogen-bond acceptors (Lipinski definition) is 3. The van der Waals surface area contributed by atoms with E-state index in [1.54, 1.807) is 24.4 Å². The summed E-state index contributed by atoms with van der Waals surface area (Å²) in [6.45, 7) is 1.73. The van der Waals surface area contributed by atoms with E-state index in [1.807, 2.05) is 24.6 Å². The highest BCUT2D eigenvalue weighted by atomic mass is 16.2. The molecule has 0 saturated heterocycles. The van der Waals surface area contributed by atoms with Crippen LogP contribution in [0.2, 0.25) is 0 Å². The maximum atomic E-state index is 12.1. The molecular formula is C15H15N3O2. The monoisotopic (exact) mass is 269 g/mol. The largest absolute Gasteiger partial charge is 0.384 e. The van der Waals surface area contributed by atoms with Gasteiger partial charge in [0, 0.05) is 24.5 Å². The van der Waals surface area contributed by atoms with Crippen LogP contribution in [0, 0.1) is 18.8 Å². The van der Waals surface area contributed by atoms with Crippen molar-refractivity contribution in [3.8, 4) is 11.8 Å². The number of amides is 1. The van der Waals surface area contributed by atoms with E-state index in [0.29, 0.717) is 17.1 Å². The number of carbonyl (C=O) groups excluding carboxylic acids is 1. The van der Waals surface area contributed by atoms with Crippen molar-refractivity contribution in [1.29, 1.82) is 0 Å². The lowest BCUT2D eigenvalue weighted by atomic mass is 10.2. The molecule has 2 N–H and O–H groups in total. The molecule has 0 fully saturated rings. The van der Waals surface area contributed by atoms with Crippen molar-refractivity contribution in [1.82, 2.24) is 9.55 Å². The number of nitrogens with one attached hydrogen (secondary N) is 1. The Morgan fingerprint density at radius 3 is 2.90 bits per heavy atom. The summed E-state index contributed by atoms with van der Waals surface area (Å²) in [4.78, 5) is 16.2. The highest BCUT2D eigenvalue weighted by Gasteiger charge is 2.11. The smallest absolute Gasteiger partial charge is 0.273 e. The van der Waals surface area contributed by atoms with Gasteiger partial charge in [-0.05, 0) is 31.2 Å². The quantitative estimate of drug-likeness (QED) is 0.808. The van der Waals surface area contributed by atoms with Crippen molar-refractivity contribution in [3.05, 3.63) is 47.4 Å². The van der Waals surface area contributed by atoms with E-state index in [9.17, 15) is 4.79 Å². The summed E-state index contributed by atoms with van der Waals surface area (Å²) in [5, 5.41) is 11.4. The molecule has 0 radical (unpaired) electrons. The van der Waals surface area contributed by atoms with Gasteiger partial charge in [-0.2, -0.15) is 0 Å². The van der Waals surface area contributed by atoms with Gasteiger partial charge < -0.3 is 15.0 Å². The maximum absolute atomic E-state index is 12.1. The van der Waals surface area contributed by atoms with Gasteiger partial charge in [0.25, 0.3) is 5.91 Å². The van der Waals surface area contributed by atoms with Crippen LogP contribution < -0.4 is 5.32 Å². The van der Waals surface area contributed by atoms with Gasteiger partial charge in [0.15, 0.2) is 0 Å². The zero-order valence-electron chi connectivity index (χ0n) is 11.3. The van der Waals surface area contributed by atoms with E-state index in [-0.39, 0.29) is 12.5 Å². The molecule has 1 amide bonds. The van der Waals surface area contributed by atoms with Crippen molar-refractivity contribution in [2.75, 3.05) is 11.9 Å². The van der Waals surface area contributed by atoms with E-state index in [1.165, 1.54) is 0 Å². The summed E-state index contributed by atoms with van der Waals surface area (Å²) in [5.41, 5.74) is 2.26. The van der Waals surface area contributed by atoms with Crippen molar-refractivity contribution in [2.45, 2.75) is 6.92 Å². The zero-order valence-corrected chi connectivity index (χ0v) is 11.3. The van der Waals surface area contributed by atoms with Gasteiger partial charge in [0.05, 0.1) is 0 Å². The third-order valence-corrected chi connectivity index (χ3v) is 2.92. The SMILES string of the molecule is Cc1ccc(C(=O)Nc2cc(C#CCO)ccn2)n1C. The predicted molar refractivity (Wildman–Crippen MR) is 76.3 cm³/mol. The molecule has 0 aromatic carbocycles. The highest BCUT2D eigenvalue weighted by Crippen LogP contribution is 2.10. The van der Waals surface area contributed by atoms with E-state index >= 15 is 0 Å². The van der Waals surface area contributed by atoms with Gasteiger partial charge in [0.2, 0.25) is 0 Å². The topological polar surface area (TPSA) is 67.2 Å². The predicted octanol–water partition coefficient (Wildman–Crippen LogP) is 1.32. The van der Waals surface area contributed by atoms with Gasteiger partial charge >= 0.3 is 0 Å². The number of pyridine rings is 1. The Morgan fingerprint density at radius 1 is 1.45 bits per heavy atom. The fourth-order valence-corrected chi connectivity index (χ4v) is 1.74. The lowest BCUT2D eigenvalue weighted by Gasteiger charge is -2.06. The molecule has 0 bridgehead atoms. The van der Waals surface area contributed by atoms with Gasteiger partial charge in [-0.3, -0.25) is 4.79 Å². The third-order valence-electron chi connectivity index (χ3n) is 2.92. The molecule has 0 atom stereocenters. The lowest BCUT2D eigenvalue weighted by molar-refractivity contribution is 0.101. The van der Waals surface area contributed by atoms with Crippen molar-refractivity contribution < 1.29 is 9.90 Å². The number of carbonyl (C=O) groups is 1. The molecule has 0 unspecified atom stereocenters. The summed E-state index contributed by atoms with van der Waals surface area (Å²) in [7, 11) is 1.83. The molecule has 0 aliphatic carbocycles. The maximum Gasteiger partial charge on any atom is 0.273 e. The van der Waals surface area contributed by atoms with Crippen LogP contribution in [0.5, 0.6) is 0 Å². The number of anilines is 1. The normalized spacial score (nSPS) is 9.75. The van der Waals surface area contributed by atoms with Gasteiger partial charge in [-0.1, -0.05) is 11.8 Å². The summed E-state index contributed by atoms with van der Waals surface area (Å²) >= 11 is 0. The average Bonchev–Trinajstić information content (AvgIpc) is 2.77. The number of rotatable bonds is 2. The zero-order chi connectivity index (χ0) is 14.5. The molecule has 0 aliphatic rings. The standard InChI is InChI=1S/C15H15N3O2/c1-11-5-6-13(18(11)2)15(20)17-14-10-12(4-3-9-19)7-8-16-14/h5-8,10,19H,9H2,1-2H3,(H,16,17,20). The molecule has 102 valence electrons. The highest BCUT2D eigenvalue weighted by molar-refractivity contribution is 6.02. The Balaban J connectivity index is 2.18. The van der Waals surface area contributed by atoms with Crippen LogP contribution >= 0.6 is 0 Å². The second-order valence-electron chi connectivity index (χ2n) is 4.26. The van der Waals surface area contributed by atoms with Crippen LogP contribution in [-0.2, 0) is 7.05 Å². The lowest BCUT2D eigenvalue weighted by Crippen LogP contribution is -2.16. The van der Waals surface area contributed by atoms with Crippen LogP contribution in [0.3, 0.4) is 0 Å². The van der Waals surface area contributed by atoms with Crippen LogP contribution in [0.1, 0.15) is 21.7 Å². The van der Waals surface area contributed by atoms with Gasteiger partial charge in [-0.25, -0.2) is 4.98 Å². The molecule has 5 nitrogen and oxygen atoms in total. The number of aliphatic hydroxyl groups excluding tert-OH is 1. The van der Waals surface area contributed by atoms with Gasteiger partial charge in [-0.15, -0.1) is 0 Å². The first-order valence-corrected chi connectivity index (χ1v) is 6.11. The molecule has 0 aliphatic heterocycles. The summed E-state index contributed by atoms with van der Waals surface area (Å²) < 4.78 is 1.81. The minimum atomic E-state index is -0.222. The van der Waals surface area contributed by atoms with Crippen LogP contribution in [-0.4, -0.2) is 27.2 Å². The number of nitrogens with zero attached hydrogens (tertiary/aromatic N) is 2. The number of aryl methyl sites for hydroxylation is 1. The van der Waals surface area contributed by atoms with E-state index in [2.05, 4.69) is 22.1 Å². The fraction of sp³-hybridized carbons (Fsp3) is 0.200. The summed E-state index contributed by atoms with van der Waals surface area (Å²) in [5.74, 6) is 5.52. The number of aliphatic hydroxyl groups is 1. The van der Waals surface area contributed by atoms with Crippen LogP contribution in [0.25, 0.3) is 0 Å². The molecule has 0 spiro atoms. The van der Waals surface area contributed by atoms with E-state index in [4.69, 9.17) is 5.11 Å². The fourth-order valence-electron chi connectivity index (χ4n) is 1.74. The van der Waals surface area contributed by atoms with Crippen molar-refractivity contribution in [2.24, 2.45) is 7.05 Å². The molecule has 2 rings (SSSR count). The molecule has 20 heavy (non-hydrogen) atoms. The Labute approximate surface area is 117 Å². The molecule has 2 heterocycles. The number of aromatic nitrogens is 2. The summed E-state index contributed by atoms with van der Waals surface area (Å²) in [6.07, 6.45) is 1.56. The number of hydrogen-bond donors (Lipinski definition) is 2. The molecule has 2 aromatic rings. The molecular weight excluding hydrogens is 254 g/mol. The summed E-state index contributed by atoms with van der Waals surface area (Å²) in [6, 6.07) is 7.02. The first-order valence-electron chi connectivity index (χ1n) is 6.11. The molecule has 0 saturated carbocycles. The van der Waals surface area contributed by atoms with Crippen LogP contribution in [0.15, 0.2) is 30.5 Å². The average molecular weight is 269 g/mol. The second kappa shape index (κ2) is 6.04. The van der Waals surface area contributed by atoms with E-state index < -0.39 is 0 Å².